The Labute approximate surface area is 210 Å². The van der Waals surface area contributed by atoms with Crippen LogP contribution in [0.4, 0.5) is 5.82 Å². The second kappa shape index (κ2) is 10.2. The molecule has 0 fully saturated rings. The number of amides is 1. The largest absolute Gasteiger partial charge is 0.483 e. The summed E-state index contributed by atoms with van der Waals surface area (Å²) in [4.78, 5) is 30.4. The smallest absolute Gasteiger partial charge is 0.343 e. The van der Waals surface area contributed by atoms with Crippen LogP contribution in [0.25, 0.3) is 16.7 Å². The Bertz CT molecular complexity index is 1470. The van der Waals surface area contributed by atoms with Crippen molar-refractivity contribution in [2.45, 2.75) is 41.5 Å². The van der Waals surface area contributed by atoms with Crippen molar-refractivity contribution in [3.63, 3.8) is 0 Å². The highest BCUT2D eigenvalue weighted by Gasteiger charge is 2.23. The Balaban J connectivity index is 1.70. The van der Waals surface area contributed by atoms with Crippen molar-refractivity contribution < 1.29 is 19.1 Å². The van der Waals surface area contributed by atoms with Gasteiger partial charge in [-0.25, -0.2) is 9.78 Å². The molecule has 0 saturated heterocycles. The zero-order valence-corrected chi connectivity index (χ0v) is 21.4. The topological polar surface area (TPSA) is 95.3 Å². The normalized spacial score (nSPS) is 10.9. The fourth-order valence-electron chi connectivity index (χ4n) is 4.13. The predicted molar refractivity (Wildman–Crippen MR) is 139 cm³/mol. The quantitative estimate of drug-likeness (QED) is 0.363. The van der Waals surface area contributed by atoms with Crippen molar-refractivity contribution >= 4 is 28.6 Å². The number of aromatic nitrogens is 3. The molecule has 0 saturated carbocycles. The SMILES string of the molecule is CCOC(=O)c1cnn(-c2cc(C)c3cc(C)cc(C)c3n2)c1NC(=O)COc1cccc(C)c1C. The molecule has 0 radical (unpaired) electrons. The van der Waals surface area contributed by atoms with E-state index < -0.39 is 11.9 Å². The van der Waals surface area contributed by atoms with Crippen LogP contribution in [0.1, 0.15) is 45.1 Å². The molecule has 0 unspecified atom stereocenters. The van der Waals surface area contributed by atoms with Gasteiger partial charge in [0.1, 0.15) is 11.3 Å². The maximum absolute atomic E-state index is 12.9. The van der Waals surface area contributed by atoms with Gasteiger partial charge in [0, 0.05) is 5.39 Å². The van der Waals surface area contributed by atoms with E-state index in [0.29, 0.717) is 11.6 Å². The number of nitrogens with zero attached hydrogens (tertiary/aromatic N) is 3. The second-order valence-electron chi connectivity index (χ2n) is 8.85. The van der Waals surface area contributed by atoms with Crippen molar-refractivity contribution in [1.29, 1.82) is 0 Å². The van der Waals surface area contributed by atoms with Gasteiger partial charge in [0.2, 0.25) is 0 Å². The van der Waals surface area contributed by atoms with Crippen molar-refractivity contribution in [3.8, 4) is 11.6 Å². The molecule has 186 valence electrons. The molecule has 8 heteroatoms. The highest BCUT2D eigenvalue weighted by Crippen LogP contribution is 2.27. The first kappa shape index (κ1) is 24.9. The molecule has 0 bridgehead atoms. The van der Waals surface area contributed by atoms with E-state index in [4.69, 9.17) is 14.5 Å². The summed E-state index contributed by atoms with van der Waals surface area (Å²) >= 11 is 0. The van der Waals surface area contributed by atoms with Crippen LogP contribution in [0.3, 0.4) is 0 Å². The molecule has 2 heterocycles. The lowest BCUT2D eigenvalue weighted by Gasteiger charge is -2.14. The Hall–Kier alpha value is -4.20. The Morgan fingerprint density at radius 1 is 1.00 bits per heavy atom. The van der Waals surface area contributed by atoms with Gasteiger partial charge < -0.3 is 14.8 Å². The number of pyridine rings is 1. The van der Waals surface area contributed by atoms with E-state index in [1.54, 1.807) is 6.92 Å². The first-order chi connectivity index (χ1) is 17.2. The van der Waals surface area contributed by atoms with Crippen LogP contribution >= 0.6 is 0 Å². The lowest BCUT2D eigenvalue weighted by atomic mass is 10.0. The monoisotopic (exact) mass is 486 g/mol. The summed E-state index contributed by atoms with van der Waals surface area (Å²) in [6.07, 6.45) is 1.38. The molecule has 0 aliphatic carbocycles. The number of aryl methyl sites for hydroxylation is 4. The third-order valence-electron chi connectivity index (χ3n) is 6.09. The molecule has 36 heavy (non-hydrogen) atoms. The van der Waals surface area contributed by atoms with Gasteiger partial charge in [-0.1, -0.05) is 23.8 Å². The molecule has 8 nitrogen and oxygen atoms in total. The number of nitrogens with one attached hydrogen (secondary N) is 1. The third-order valence-corrected chi connectivity index (χ3v) is 6.09. The lowest BCUT2D eigenvalue weighted by Crippen LogP contribution is -2.24. The number of rotatable bonds is 7. The average molecular weight is 487 g/mol. The number of esters is 1. The molecular formula is C28H30N4O4. The van der Waals surface area contributed by atoms with Gasteiger partial charge in [0.25, 0.3) is 5.91 Å². The predicted octanol–water partition coefficient (Wildman–Crippen LogP) is 5.16. The Kier molecular flexibility index (Phi) is 7.05. The average Bonchev–Trinajstić information content (AvgIpc) is 3.24. The number of carbonyl (C=O) groups is 2. The zero-order valence-electron chi connectivity index (χ0n) is 21.4. The summed E-state index contributed by atoms with van der Waals surface area (Å²) < 4.78 is 12.4. The number of hydrogen-bond acceptors (Lipinski definition) is 6. The minimum absolute atomic E-state index is 0.136. The van der Waals surface area contributed by atoms with Crippen LogP contribution in [0, 0.1) is 34.6 Å². The van der Waals surface area contributed by atoms with Crippen LogP contribution in [0.5, 0.6) is 5.75 Å². The lowest BCUT2D eigenvalue weighted by molar-refractivity contribution is -0.118. The van der Waals surface area contributed by atoms with E-state index in [-0.39, 0.29) is 24.6 Å². The molecule has 2 aromatic heterocycles. The molecule has 0 spiro atoms. The molecule has 0 atom stereocenters. The van der Waals surface area contributed by atoms with Crippen molar-refractivity contribution in [2.75, 3.05) is 18.5 Å². The van der Waals surface area contributed by atoms with E-state index in [2.05, 4.69) is 22.5 Å². The van der Waals surface area contributed by atoms with Gasteiger partial charge >= 0.3 is 5.97 Å². The van der Waals surface area contributed by atoms with E-state index in [9.17, 15) is 9.59 Å². The van der Waals surface area contributed by atoms with Gasteiger partial charge in [-0.3, -0.25) is 4.79 Å². The van der Waals surface area contributed by atoms with E-state index in [1.165, 1.54) is 10.9 Å². The first-order valence-corrected chi connectivity index (χ1v) is 11.8. The van der Waals surface area contributed by atoms with Crippen LogP contribution < -0.4 is 10.1 Å². The fourth-order valence-corrected chi connectivity index (χ4v) is 4.13. The maximum Gasteiger partial charge on any atom is 0.343 e. The van der Waals surface area contributed by atoms with E-state index in [0.717, 1.165) is 38.7 Å². The van der Waals surface area contributed by atoms with Crippen LogP contribution in [0.15, 0.2) is 42.6 Å². The number of carbonyl (C=O) groups excluding carboxylic acids is 2. The van der Waals surface area contributed by atoms with Gasteiger partial charge in [0.05, 0.1) is 18.3 Å². The summed E-state index contributed by atoms with van der Waals surface area (Å²) in [6, 6.07) is 11.7. The van der Waals surface area contributed by atoms with Crippen molar-refractivity contribution in [2.24, 2.45) is 0 Å². The molecule has 1 N–H and O–H groups in total. The molecule has 2 aromatic carbocycles. The second-order valence-corrected chi connectivity index (χ2v) is 8.85. The maximum atomic E-state index is 12.9. The highest BCUT2D eigenvalue weighted by atomic mass is 16.5. The molecule has 1 amide bonds. The Morgan fingerprint density at radius 2 is 1.78 bits per heavy atom. The summed E-state index contributed by atoms with van der Waals surface area (Å²) in [5.41, 5.74) is 6.18. The fraction of sp³-hybridized carbons (Fsp3) is 0.286. The molecule has 0 aliphatic rings. The minimum Gasteiger partial charge on any atom is -0.483 e. The number of benzene rings is 2. The number of hydrogen-bond donors (Lipinski definition) is 1. The summed E-state index contributed by atoms with van der Waals surface area (Å²) in [5.74, 6) is 0.264. The summed E-state index contributed by atoms with van der Waals surface area (Å²) in [7, 11) is 0. The number of ether oxygens (including phenoxy) is 2. The van der Waals surface area contributed by atoms with E-state index in [1.807, 2.05) is 58.9 Å². The summed E-state index contributed by atoms with van der Waals surface area (Å²) in [5, 5.41) is 8.21. The minimum atomic E-state index is -0.584. The van der Waals surface area contributed by atoms with Crippen LogP contribution in [0.2, 0.25) is 0 Å². The summed E-state index contributed by atoms with van der Waals surface area (Å²) in [6.45, 7) is 11.6. The number of anilines is 1. The standard InChI is InChI=1S/C28H30N4O4/c1-7-35-28(34)22-14-29-32(24-13-18(4)21-12-16(2)11-19(5)26(21)30-24)27(22)31-25(33)15-36-23-10-8-9-17(3)20(23)6/h8-14H,7,15H2,1-6H3,(H,31,33). The Morgan fingerprint density at radius 3 is 2.53 bits per heavy atom. The molecule has 4 rings (SSSR count). The van der Waals surface area contributed by atoms with Gasteiger partial charge in [0.15, 0.2) is 18.2 Å². The molecule has 4 aromatic rings. The van der Waals surface area contributed by atoms with Crippen molar-refractivity contribution in [1.82, 2.24) is 14.8 Å². The van der Waals surface area contributed by atoms with Gasteiger partial charge in [-0.15, -0.1) is 0 Å². The van der Waals surface area contributed by atoms with E-state index >= 15 is 0 Å². The highest BCUT2D eigenvalue weighted by molar-refractivity contribution is 6.01. The first-order valence-electron chi connectivity index (χ1n) is 11.8. The molecule has 0 aliphatic heterocycles. The van der Waals surface area contributed by atoms with Crippen LogP contribution in [-0.4, -0.2) is 39.9 Å². The molecular weight excluding hydrogens is 456 g/mol. The third kappa shape index (κ3) is 4.93. The van der Waals surface area contributed by atoms with Crippen LogP contribution in [-0.2, 0) is 9.53 Å². The van der Waals surface area contributed by atoms with Gasteiger partial charge in [-0.2, -0.15) is 9.78 Å². The zero-order chi connectivity index (χ0) is 26.0. The number of fused-ring (bicyclic) bond motifs is 1. The van der Waals surface area contributed by atoms with Crippen molar-refractivity contribution in [3.05, 3.63) is 76.0 Å². The van der Waals surface area contributed by atoms with Gasteiger partial charge in [-0.05, 0) is 82.0 Å².